The Morgan fingerprint density at radius 3 is 1.94 bits per heavy atom. The van der Waals surface area contributed by atoms with Crippen molar-refractivity contribution in [2.75, 3.05) is 57.9 Å². The van der Waals surface area contributed by atoms with E-state index in [1.165, 1.54) is 11.1 Å². The number of para-hydroxylation sites is 2. The Bertz CT molecular complexity index is 920. The first-order valence-electron chi connectivity index (χ1n) is 11.7. The second kappa shape index (κ2) is 11.8. The molecule has 0 amide bonds. The van der Waals surface area contributed by atoms with Crippen LogP contribution in [0.3, 0.4) is 0 Å². The zero-order valence-corrected chi connectivity index (χ0v) is 19.3. The zero-order chi connectivity index (χ0) is 22.9. The Balaban J connectivity index is 1.25. The molecule has 0 bridgehead atoms. The topological polar surface area (TPSA) is 45.2 Å². The van der Waals surface area contributed by atoms with Crippen LogP contribution in [0.4, 0.5) is 5.69 Å². The molecule has 5 heteroatoms. The molecule has 174 valence electrons. The van der Waals surface area contributed by atoms with Crippen molar-refractivity contribution in [3.63, 3.8) is 0 Å². The smallest absolute Gasteiger partial charge is 0.142 e. The number of methoxy groups -OCH3 is 1. The molecular formula is C28H34N2O3. The average Bonchev–Trinajstić information content (AvgIpc) is 2.88. The van der Waals surface area contributed by atoms with Gasteiger partial charge in [-0.1, -0.05) is 72.8 Å². The quantitative estimate of drug-likeness (QED) is 0.510. The monoisotopic (exact) mass is 446 g/mol. The molecule has 5 nitrogen and oxygen atoms in total. The lowest BCUT2D eigenvalue weighted by atomic mass is 9.92. The van der Waals surface area contributed by atoms with Crippen molar-refractivity contribution in [1.29, 1.82) is 0 Å². The number of benzene rings is 3. The van der Waals surface area contributed by atoms with Gasteiger partial charge in [0.2, 0.25) is 0 Å². The fourth-order valence-electron chi connectivity index (χ4n) is 4.49. The van der Waals surface area contributed by atoms with Gasteiger partial charge in [0, 0.05) is 38.6 Å². The number of β-amino-alcohol motifs (C(OH)–C–C–N with tert-alkyl or cyclic N) is 1. The van der Waals surface area contributed by atoms with Crippen molar-refractivity contribution in [1.82, 2.24) is 4.90 Å². The molecule has 0 unspecified atom stereocenters. The minimum atomic E-state index is -0.505. The molecule has 1 fully saturated rings. The summed E-state index contributed by atoms with van der Waals surface area (Å²) in [5, 5.41) is 10.6. The summed E-state index contributed by atoms with van der Waals surface area (Å²) in [6.07, 6.45) is -0.505. The highest BCUT2D eigenvalue weighted by Gasteiger charge is 2.22. The summed E-state index contributed by atoms with van der Waals surface area (Å²) < 4.78 is 11.5. The SMILES string of the molecule is COc1ccccc1N1CCN(C[C@@H](O)COCC(c2ccccc2)c2ccccc2)CC1. The molecule has 0 aromatic heterocycles. The number of aliphatic hydroxyl groups is 1. The third kappa shape index (κ3) is 6.35. The minimum absolute atomic E-state index is 0.156. The molecule has 1 aliphatic rings. The van der Waals surface area contributed by atoms with Crippen LogP contribution in [0.1, 0.15) is 17.0 Å². The van der Waals surface area contributed by atoms with E-state index in [0.717, 1.165) is 37.6 Å². The first kappa shape index (κ1) is 23.3. The summed E-state index contributed by atoms with van der Waals surface area (Å²) in [5.41, 5.74) is 3.59. The highest BCUT2D eigenvalue weighted by atomic mass is 16.5. The van der Waals surface area contributed by atoms with Crippen molar-refractivity contribution in [3.05, 3.63) is 96.1 Å². The number of piperazine rings is 1. The van der Waals surface area contributed by atoms with E-state index >= 15 is 0 Å². The van der Waals surface area contributed by atoms with E-state index in [2.05, 4.69) is 64.4 Å². The number of nitrogens with zero attached hydrogens (tertiary/aromatic N) is 2. The second-order valence-electron chi connectivity index (χ2n) is 8.52. The van der Waals surface area contributed by atoms with Gasteiger partial charge in [0.15, 0.2) is 0 Å². The summed E-state index contributed by atoms with van der Waals surface area (Å²) in [4.78, 5) is 4.66. The Morgan fingerprint density at radius 2 is 1.33 bits per heavy atom. The molecular weight excluding hydrogens is 412 g/mol. The number of hydrogen-bond acceptors (Lipinski definition) is 5. The predicted molar refractivity (Wildman–Crippen MR) is 133 cm³/mol. The Hall–Kier alpha value is -2.86. The van der Waals surface area contributed by atoms with Gasteiger partial charge < -0.3 is 19.5 Å². The molecule has 0 aliphatic carbocycles. The Labute approximate surface area is 197 Å². The number of aliphatic hydroxyl groups excluding tert-OH is 1. The molecule has 0 saturated carbocycles. The van der Waals surface area contributed by atoms with Crippen LogP contribution in [-0.4, -0.2) is 69.2 Å². The van der Waals surface area contributed by atoms with Crippen molar-refractivity contribution in [3.8, 4) is 5.75 Å². The minimum Gasteiger partial charge on any atom is -0.495 e. The van der Waals surface area contributed by atoms with Gasteiger partial charge in [-0.3, -0.25) is 4.90 Å². The maximum atomic E-state index is 10.6. The van der Waals surface area contributed by atoms with E-state index in [-0.39, 0.29) is 5.92 Å². The summed E-state index contributed by atoms with van der Waals surface area (Å²) in [6.45, 7) is 5.16. The lowest BCUT2D eigenvalue weighted by Crippen LogP contribution is -2.49. The average molecular weight is 447 g/mol. The molecule has 0 spiro atoms. The van der Waals surface area contributed by atoms with Gasteiger partial charge in [-0.2, -0.15) is 0 Å². The van der Waals surface area contributed by atoms with E-state index in [4.69, 9.17) is 9.47 Å². The summed E-state index contributed by atoms with van der Waals surface area (Å²) in [5.74, 6) is 1.06. The van der Waals surface area contributed by atoms with Gasteiger partial charge in [0.05, 0.1) is 32.1 Å². The van der Waals surface area contributed by atoms with Crippen molar-refractivity contribution in [2.45, 2.75) is 12.0 Å². The van der Waals surface area contributed by atoms with Crippen molar-refractivity contribution < 1.29 is 14.6 Å². The molecule has 3 aromatic rings. The van der Waals surface area contributed by atoms with E-state index in [9.17, 15) is 5.11 Å². The van der Waals surface area contributed by atoms with Gasteiger partial charge in [-0.25, -0.2) is 0 Å². The van der Waals surface area contributed by atoms with Crippen LogP contribution in [0.25, 0.3) is 0 Å². The predicted octanol–water partition coefficient (Wildman–Crippen LogP) is 4.03. The van der Waals surface area contributed by atoms with Crippen LogP contribution in [0, 0.1) is 0 Å². The largest absolute Gasteiger partial charge is 0.495 e. The third-order valence-corrected chi connectivity index (χ3v) is 6.27. The Kier molecular flexibility index (Phi) is 8.36. The van der Waals surface area contributed by atoms with E-state index in [1.54, 1.807) is 7.11 Å². The molecule has 1 heterocycles. The van der Waals surface area contributed by atoms with Crippen LogP contribution >= 0.6 is 0 Å². The fourth-order valence-corrected chi connectivity index (χ4v) is 4.49. The van der Waals surface area contributed by atoms with Gasteiger partial charge in [0.1, 0.15) is 5.75 Å². The van der Waals surface area contributed by atoms with Crippen molar-refractivity contribution in [2.24, 2.45) is 0 Å². The number of hydrogen-bond donors (Lipinski definition) is 1. The number of ether oxygens (including phenoxy) is 2. The summed E-state index contributed by atoms with van der Waals surface area (Å²) in [6, 6.07) is 29.0. The molecule has 1 saturated heterocycles. The zero-order valence-electron chi connectivity index (χ0n) is 19.3. The molecule has 4 rings (SSSR count). The van der Waals surface area contributed by atoms with Crippen molar-refractivity contribution >= 4 is 5.69 Å². The van der Waals surface area contributed by atoms with Gasteiger partial charge in [0.25, 0.3) is 0 Å². The molecule has 1 N–H and O–H groups in total. The number of anilines is 1. The van der Waals surface area contributed by atoms with Gasteiger partial charge in [-0.15, -0.1) is 0 Å². The van der Waals surface area contributed by atoms with Crippen LogP contribution in [0.15, 0.2) is 84.9 Å². The highest BCUT2D eigenvalue weighted by molar-refractivity contribution is 5.58. The first-order chi connectivity index (χ1) is 16.2. The van der Waals surface area contributed by atoms with Crippen LogP contribution in [-0.2, 0) is 4.74 Å². The third-order valence-electron chi connectivity index (χ3n) is 6.27. The van der Waals surface area contributed by atoms with Crippen LogP contribution < -0.4 is 9.64 Å². The number of rotatable bonds is 10. The van der Waals surface area contributed by atoms with Gasteiger partial charge >= 0.3 is 0 Å². The fraction of sp³-hybridized carbons (Fsp3) is 0.357. The molecule has 1 atom stereocenters. The molecule has 33 heavy (non-hydrogen) atoms. The maximum Gasteiger partial charge on any atom is 0.142 e. The first-order valence-corrected chi connectivity index (χ1v) is 11.7. The van der Waals surface area contributed by atoms with Crippen LogP contribution in [0.2, 0.25) is 0 Å². The summed E-state index contributed by atoms with van der Waals surface area (Å²) in [7, 11) is 1.71. The van der Waals surface area contributed by atoms with Crippen LogP contribution in [0.5, 0.6) is 5.75 Å². The normalized spacial score (nSPS) is 15.5. The Morgan fingerprint density at radius 1 is 0.758 bits per heavy atom. The van der Waals surface area contributed by atoms with E-state index in [0.29, 0.717) is 19.8 Å². The van der Waals surface area contributed by atoms with E-state index < -0.39 is 6.10 Å². The maximum absolute atomic E-state index is 10.6. The standard InChI is InChI=1S/C28H34N2O3/c1-32-28-15-9-8-14-27(28)30-18-16-29(17-19-30)20-25(31)21-33-22-26(23-10-4-2-5-11-23)24-12-6-3-7-13-24/h2-15,25-26,31H,16-22H2,1H3/t25-/m1/s1. The van der Waals surface area contributed by atoms with E-state index in [1.807, 2.05) is 30.3 Å². The molecule has 3 aromatic carbocycles. The van der Waals surface area contributed by atoms with Gasteiger partial charge in [-0.05, 0) is 23.3 Å². The molecule has 1 aliphatic heterocycles. The lowest BCUT2D eigenvalue weighted by molar-refractivity contribution is 0.0135. The molecule has 0 radical (unpaired) electrons. The summed E-state index contributed by atoms with van der Waals surface area (Å²) >= 11 is 0. The highest BCUT2D eigenvalue weighted by Crippen LogP contribution is 2.28. The second-order valence-corrected chi connectivity index (χ2v) is 8.52. The lowest BCUT2D eigenvalue weighted by Gasteiger charge is -2.37.